The molecule has 1 N–H and O–H groups in total. The van der Waals surface area contributed by atoms with Gasteiger partial charge in [0.1, 0.15) is 5.75 Å². The number of ether oxygens (including phenoxy) is 1. The molecule has 1 aromatic rings. The van der Waals surface area contributed by atoms with Gasteiger partial charge in [0.2, 0.25) is 0 Å². The highest BCUT2D eigenvalue weighted by molar-refractivity contribution is 8.19. The van der Waals surface area contributed by atoms with Gasteiger partial charge < -0.3 is 10.1 Å². The fraction of sp³-hybridized carbons (Fsp3) is 0.611. The summed E-state index contributed by atoms with van der Waals surface area (Å²) in [5.74, 6) is 3.80. The van der Waals surface area contributed by atoms with Crippen LogP contribution >= 0.6 is 23.5 Å². The Morgan fingerprint density at radius 3 is 2.57 bits per heavy atom. The van der Waals surface area contributed by atoms with E-state index in [2.05, 4.69) is 24.4 Å². The van der Waals surface area contributed by atoms with Gasteiger partial charge in [-0.05, 0) is 36.5 Å². The van der Waals surface area contributed by atoms with Crippen molar-refractivity contribution in [2.24, 2.45) is 5.92 Å². The highest BCUT2D eigenvalue weighted by Gasteiger charge is 2.23. The Hall–Kier alpha value is -0.810. The third-order valence-electron chi connectivity index (χ3n) is 4.60. The van der Waals surface area contributed by atoms with Crippen LogP contribution in [0.25, 0.3) is 0 Å². The van der Waals surface area contributed by atoms with E-state index < -0.39 is 0 Å². The molecule has 0 unspecified atom stereocenters. The average molecular weight is 352 g/mol. The lowest BCUT2D eigenvalue weighted by atomic mass is 9.86. The molecule has 3 rings (SSSR count). The zero-order valence-electron chi connectivity index (χ0n) is 13.6. The van der Waals surface area contributed by atoms with Gasteiger partial charge in [-0.3, -0.25) is 4.79 Å². The molecule has 2 fully saturated rings. The number of nitrogens with one attached hydrogen (secondary N) is 1. The first-order valence-corrected chi connectivity index (χ1v) is 10.6. The van der Waals surface area contributed by atoms with Crippen molar-refractivity contribution in [3.63, 3.8) is 0 Å². The van der Waals surface area contributed by atoms with Crippen LogP contribution in [0.15, 0.2) is 24.3 Å². The standard InChI is InChI=1S/C18H25NO2S2/c1-13-4-2-3-5-16(13)19-17(20)12-21-15-8-6-14(7-9-15)18-22-10-11-23-18/h6-9,13,16,18H,2-5,10-12H2,1H3,(H,19,20)/t13-,16+/m1/s1. The number of thioether (sulfide) groups is 2. The first kappa shape index (κ1) is 17.0. The van der Waals surface area contributed by atoms with Crippen LogP contribution in [0.2, 0.25) is 0 Å². The van der Waals surface area contributed by atoms with Gasteiger partial charge in [-0.25, -0.2) is 0 Å². The molecule has 0 radical (unpaired) electrons. The molecule has 126 valence electrons. The normalized spacial score (nSPS) is 25.3. The number of hydrogen-bond acceptors (Lipinski definition) is 4. The van der Waals surface area contributed by atoms with E-state index in [-0.39, 0.29) is 12.5 Å². The monoisotopic (exact) mass is 351 g/mol. The molecule has 0 aromatic heterocycles. The first-order chi connectivity index (χ1) is 11.2. The summed E-state index contributed by atoms with van der Waals surface area (Å²) >= 11 is 3.99. The summed E-state index contributed by atoms with van der Waals surface area (Å²) in [7, 11) is 0. The van der Waals surface area contributed by atoms with Crippen LogP contribution in [-0.4, -0.2) is 30.1 Å². The van der Waals surface area contributed by atoms with Crippen LogP contribution in [-0.2, 0) is 4.79 Å². The molecule has 1 saturated heterocycles. The molecule has 5 heteroatoms. The molecule has 1 aliphatic heterocycles. The molecule has 0 spiro atoms. The van der Waals surface area contributed by atoms with E-state index in [1.54, 1.807) is 0 Å². The van der Waals surface area contributed by atoms with Crippen LogP contribution in [0.3, 0.4) is 0 Å². The summed E-state index contributed by atoms with van der Waals surface area (Å²) < 4.78 is 6.19. The molecule has 1 amide bonds. The Morgan fingerprint density at radius 1 is 1.17 bits per heavy atom. The van der Waals surface area contributed by atoms with Gasteiger partial charge in [0.25, 0.3) is 5.91 Å². The Morgan fingerprint density at radius 2 is 1.87 bits per heavy atom. The third-order valence-corrected chi connectivity index (χ3v) is 7.71. The predicted molar refractivity (Wildman–Crippen MR) is 99.2 cm³/mol. The minimum atomic E-state index is -0.00488. The van der Waals surface area contributed by atoms with Gasteiger partial charge in [0.05, 0.1) is 4.58 Å². The summed E-state index contributed by atoms with van der Waals surface area (Å²) in [5.41, 5.74) is 1.34. The van der Waals surface area contributed by atoms with Crippen molar-refractivity contribution >= 4 is 29.4 Å². The van der Waals surface area contributed by atoms with Gasteiger partial charge in [-0.1, -0.05) is 31.9 Å². The van der Waals surface area contributed by atoms with Gasteiger partial charge in [0.15, 0.2) is 6.61 Å². The Labute approximate surface area is 147 Å². The number of benzene rings is 1. The molecular formula is C18H25NO2S2. The van der Waals surface area contributed by atoms with Crippen molar-refractivity contribution in [1.29, 1.82) is 0 Å². The quantitative estimate of drug-likeness (QED) is 0.861. The lowest BCUT2D eigenvalue weighted by Crippen LogP contribution is -2.43. The molecule has 3 nitrogen and oxygen atoms in total. The van der Waals surface area contributed by atoms with Crippen molar-refractivity contribution in [3.8, 4) is 5.75 Å². The van der Waals surface area contributed by atoms with Gasteiger partial charge in [-0.15, -0.1) is 23.5 Å². The molecule has 1 aromatic carbocycles. The maximum Gasteiger partial charge on any atom is 0.258 e. The van der Waals surface area contributed by atoms with Crippen molar-refractivity contribution in [2.75, 3.05) is 18.1 Å². The average Bonchev–Trinajstić information content (AvgIpc) is 3.10. The molecule has 0 bridgehead atoms. The smallest absolute Gasteiger partial charge is 0.258 e. The Kier molecular flexibility index (Phi) is 6.17. The van der Waals surface area contributed by atoms with Crippen LogP contribution in [0, 0.1) is 5.92 Å². The fourth-order valence-electron chi connectivity index (χ4n) is 3.20. The summed E-state index contributed by atoms with van der Waals surface area (Å²) in [5, 5.41) is 3.12. The maximum atomic E-state index is 12.1. The minimum Gasteiger partial charge on any atom is -0.484 e. The third kappa shape index (κ3) is 4.83. The highest BCUT2D eigenvalue weighted by Crippen LogP contribution is 2.45. The lowest BCUT2D eigenvalue weighted by Gasteiger charge is -2.29. The lowest BCUT2D eigenvalue weighted by molar-refractivity contribution is -0.124. The van der Waals surface area contributed by atoms with Crippen molar-refractivity contribution < 1.29 is 9.53 Å². The molecule has 1 heterocycles. The maximum absolute atomic E-state index is 12.1. The number of rotatable bonds is 5. The summed E-state index contributed by atoms with van der Waals surface area (Å²) in [4.78, 5) is 12.1. The van der Waals surface area contributed by atoms with E-state index in [4.69, 9.17) is 4.74 Å². The first-order valence-electron chi connectivity index (χ1n) is 8.48. The van der Waals surface area contributed by atoms with E-state index in [9.17, 15) is 4.79 Å². The molecule has 23 heavy (non-hydrogen) atoms. The van der Waals surface area contributed by atoms with Gasteiger partial charge >= 0.3 is 0 Å². The zero-order chi connectivity index (χ0) is 16.1. The zero-order valence-corrected chi connectivity index (χ0v) is 15.3. The van der Waals surface area contributed by atoms with Crippen molar-refractivity contribution in [3.05, 3.63) is 29.8 Å². The second-order valence-corrected chi connectivity index (χ2v) is 9.09. The van der Waals surface area contributed by atoms with E-state index in [0.717, 1.165) is 12.2 Å². The fourth-order valence-corrected chi connectivity index (χ4v) is 6.06. The molecule has 2 atom stereocenters. The summed E-state index contributed by atoms with van der Waals surface area (Å²) in [6.45, 7) is 2.33. The number of hydrogen-bond donors (Lipinski definition) is 1. The largest absolute Gasteiger partial charge is 0.484 e. The summed E-state index contributed by atoms with van der Waals surface area (Å²) in [6.07, 6.45) is 4.81. The molecule has 1 aliphatic carbocycles. The van der Waals surface area contributed by atoms with Gasteiger partial charge in [0, 0.05) is 17.5 Å². The Balaban J connectivity index is 1.45. The second-order valence-electron chi connectivity index (χ2n) is 6.37. The van der Waals surface area contributed by atoms with Crippen LogP contribution < -0.4 is 10.1 Å². The second kappa shape index (κ2) is 8.34. The van der Waals surface area contributed by atoms with E-state index in [1.807, 2.05) is 35.7 Å². The van der Waals surface area contributed by atoms with E-state index >= 15 is 0 Å². The number of amides is 1. The Bertz CT molecular complexity index is 514. The number of carbonyl (C=O) groups is 1. The highest BCUT2D eigenvalue weighted by atomic mass is 32.2. The van der Waals surface area contributed by atoms with Crippen LogP contribution in [0.1, 0.15) is 42.8 Å². The van der Waals surface area contributed by atoms with Crippen molar-refractivity contribution in [2.45, 2.75) is 43.2 Å². The topological polar surface area (TPSA) is 38.3 Å². The van der Waals surface area contributed by atoms with E-state index in [1.165, 1.54) is 36.3 Å². The van der Waals surface area contributed by atoms with E-state index in [0.29, 0.717) is 16.5 Å². The summed E-state index contributed by atoms with van der Waals surface area (Å²) in [6, 6.07) is 8.51. The van der Waals surface area contributed by atoms with Gasteiger partial charge in [-0.2, -0.15) is 0 Å². The predicted octanol–water partition coefficient (Wildman–Crippen LogP) is 4.24. The van der Waals surface area contributed by atoms with Crippen molar-refractivity contribution in [1.82, 2.24) is 5.32 Å². The SMILES string of the molecule is C[C@@H]1CCCC[C@@H]1NC(=O)COc1ccc(C2SCCS2)cc1. The molecule has 2 aliphatic rings. The number of carbonyl (C=O) groups excluding carboxylic acids is 1. The van der Waals surface area contributed by atoms with Crippen LogP contribution in [0.5, 0.6) is 5.75 Å². The molecular weight excluding hydrogens is 326 g/mol. The minimum absolute atomic E-state index is 0.00488. The molecule has 1 saturated carbocycles. The van der Waals surface area contributed by atoms with Crippen LogP contribution in [0.4, 0.5) is 0 Å².